The molecular formula is C15H22Cl2N2O2. The van der Waals surface area contributed by atoms with Crippen molar-refractivity contribution < 1.29 is 9.53 Å². The van der Waals surface area contributed by atoms with Crippen molar-refractivity contribution in [3.8, 4) is 5.75 Å². The molecule has 0 spiro atoms. The summed E-state index contributed by atoms with van der Waals surface area (Å²) in [5, 5.41) is 3.67. The molecular weight excluding hydrogens is 311 g/mol. The zero-order valence-corrected chi connectivity index (χ0v) is 14.1. The van der Waals surface area contributed by atoms with Crippen LogP contribution in [-0.2, 0) is 11.2 Å². The molecule has 0 aromatic heterocycles. The van der Waals surface area contributed by atoms with Gasteiger partial charge < -0.3 is 15.8 Å². The molecule has 1 aromatic carbocycles. The van der Waals surface area contributed by atoms with E-state index in [0.29, 0.717) is 22.2 Å². The fraction of sp³-hybridized carbons (Fsp3) is 0.533. The van der Waals surface area contributed by atoms with Crippen molar-refractivity contribution in [1.29, 1.82) is 0 Å². The summed E-state index contributed by atoms with van der Waals surface area (Å²) in [6.07, 6.45) is 1.43. The van der Waals surface area contributed by atoms with E-state index in [1.807, 2.05) is 20.8 Å². The largest absolute Gasteiger partial charge is 0.482 e. The first kappa shape index (κ1) is 18.1. The second kappa shape index (κ2) is 8.47. The van der Waals surface area contributed by atoms with Crippen molar-refractivity contribution in [1.82, 2.24) is 5.32 Å². The fourth-order valence-corrected chi connectivity index (χ4v) is 2.45. The summed E-state index contributed by atoms with van der Waals surface area (Å²) in [5.74, 6) is 0.283. The molecule has 0 saturated carbocycles. The molecule has 0 bridgehead atoms. The predicted molar refractivity (Wildman–Crippen MR) is 87.2 cm³/mol. The summed E-state index contributed by atoms with van der Waals surface area (Å²) in [6, 6.07) is 3.43. The number of nitrogens with two attached hydrogens (primary N) is 1. The second-order valence-electron chi connectivity index (χ2n) is 5.26. The van der Waals surface area contributed by atoms with Gasteiger partial charge in [0.05, 0.1) is 5.02 Å². The molecule has 1 aromatic rings. The molecule has 4 nitrogen and oxygen atoms in total. The minimum Gasteiger partial charge on any atom is -0.482 e. The van der Waals surface area contributed by atoms with E-state index < -0.39 is 0 Å². The zero-order valence-electron chi connectivity index (χ0n) is 12.6. The van der Waals surface area contributed by atoms with Crippen LogP contribution in [0.2, 0.25) is 10.0 Å². The van der Waals surface area contributed by atoms with Crippen LogP contribution in [0.5, 0.6) is 5.75 Å². The lowest BCUT2D eigenvalue weighted by molar-refractivity contribution is -0.123. The second-order valence-corrected chi connectivity index (χ2v) is 6.10. The third-order valence-corrected chi connectivity index (χ3v) is 3.39. The lowest BCUT2D eigenvalue weighted by Gasteiger charge is -2.16. The molecule has 0 aliphatic heterocycles. The molecule has 1 atom stereocenters. The van der Waals surface area contributed by atoms with Crippen LogP contribution in [0.1, 0.15) is 32.8 Å². The third-order valence-electron chi connectivity index (χ3n) is 2.89. The number of hydrogen-bond donors (Lipinski definition) is 2. The van der Waals surface area contributed by atoms with Gasteiger partial charge in [-0.25, -0.2) is 0 Å². The highest BCUT2D eigenvalue weighted by Gasteiger charge is 2.15. The zero-order chi connectivity index (χ0) is 16.0. The third kappa shape index (κ3) is 6.12. The summed E-state index contributed by atoms with van der Waals surface area (Å²) < 4.78 is 5.57. The van der Waals surface area contributed by atoms with E-state index >= 15 is 0 Å². The maximum absolute atomic E-state index is 11.7. The van der Waals surface area contributed by atoms with Gasteiger partial charge in [-0.05, 0) is 44.4 Å². The van der Waals surface area contributed by atoms with Gasteiger partial charge in [0.25, 0.3) is 5.91 Å². The van der Waals surface area contributed by atoms with Crippen molar-refractivity contribution in [3.63, 3.8) is 0 Å². The number of ether oxygens (including phenoxy) is 1. The minimum atomic E-state index is -0.193. The van der Waals surface area contributed by atoms with Crippen LogP contribution in [0.15, 0.2) is 12.1 Å². The maximum Gasteiger partial charge on any atom is 0.258 e. The van der Waals surface area contributed by atoms with Gasteiger partial charge >= 0.3 is 0 Å². The van der Waals surface area contributed by atoms with Crippen LogP contribution in [-0.4, -0.2) is 24.6 Å². The Hall–Kier alpha value is -0.970. The van der Waals surface area contributed by atoms with Crippen LogP contribution in [0.4, 0.5) is 0 Å². The fourth-order valence-electron chi connectivity index (χ4n) is 1.86. The predicted octanol–water partition coefficient (Wildman–Crippen LogP) is 3.18. The first-order valence-corrected chi connectivity index (χ1v) is 7.74. The highest BCUT2D eigenvalue weighted by molar-refractivity contribution is 6.35. The van der Waals surface area contributed by atoms with Crippen molar-refractivity contribution in [3.05, 3.63) is 27.7 Å². The smallest absolute Gasteiger partial charge is 0.258 e. The van der Waals surface area contributed by atoms with Gasteiger partial charge in [0, 0.05) is 17.1 Å². The Kier molecular flexibility index (Phi) is 7.29. The van der Waals surface area contributed by atoms with Gasteiger partial charge in [-0.15, -0.1) is 0 Å². The number of benzene rings is 1. The average molecular weight is 333 g/mol. The topological polar surface area (TPSA) is 64.3 Å². The monoisotopic (exact) mass is 332 g/mol. The van der Waals surface area contributed by atoms with Crippen LogP contribution < -0.4 is 15.8 Å². The van der Waals surface area contributed by atoms with Crippen molar-refractivity contribution >= 4 is 29.1 Å². The van der Waals surface area contributed by atoms with Crippen molar-refractivity contribution in [2.75, 3.05) is 6.61 Å². The first-order chi connectivity index (χ1) is 9.83. The van der Waals surface area contributed by atoms with E-state index in [1.54, 1.807) is 12.1 Å². The summed E-state index contributed by atoms with van der Waals surface area (Å²) in [5.41, 5.74) is 6.79. The maximum atomic E-state index is 11.7. The highest BCUT2D eigenvalue weighted by atomic mass is 35.5. The van der Waals surface area contributed by atoms with E-state index in [-0.39, 0.29) is 24.6 Å². The molecule has 21 heavy (non-hydrogen) atoms. The van der Waals surface area contributed by atoms with Crippen molar-refractivity contribution in [2.45, 2.75) is 45.7 Å². The molecule has 1 amide bonds. The summed E-state index contributed by atoms with van der Waals surface area (Å²) >= 11 is 12.2. The SMILES string of the molecule is CCC(N)Cc1cc(Cl)cc(Cl)c1OCC(=O)NC(C)C. The average Bonchev–Trinajstić information content (AvgIpc) is 2.36. The van der Waals surface area contributed by atoms with E-state index in [1.165, 1.54) is 0 Å². The number of amides is 1. The summed E-state index contributed by atoms with van der Waals surface area (Å²) in [7, 11) is 0. The Balaban J connectivity index is 2.86. The normalized spacial score (nSPS) is 12.3. The number of rotatable bonds is 7. The summed E-state index contributed by atoms with van der Waals surface area (Å²) in [4.78, 5) is 11.7. The number of hydrogen-bond acceptors (Lipinski definition) is 3. The lowest BCUT2D eigenvalue weighted by atomic mass is 10.0. The van der Waals surface area contributed by atoms with Crippen molar-refractivity contribution in [2.24, 2.45) is 5.73 Å². The molecule has 0 heterocycles. The minimum absolute atomic E-state index is 0.00799. The molecule has 6 heteroatoms. The van der Waals surface area contributed by atoms with Crippen LogP contribution in [0.3, 0.4) is 0 Å². The Labute approximate surface area is 135 Å². The van der Waals surface area contributed by atoms with E-state index in [2.05, 4.69) is 5.32 Å². The number of carbonyl (C=O) groups excluding carboxylic acids is 1. The molecule has 118 valence electrons. The van der Waals surface area contributed by atoms with Crippen LogP contribution >= 0.6 is 23.2 Å². The molecule has 0 aliphatic rings. The number of carbonyl (C=O) groups is 1. The molecule has 0 saturated heterocycles. The van der Waals surface area contributed by atoms with E-state index in [0.717, 1.165) is 12.0 Å². The number of halogens is 2. The van der Waals surface area contributed by atoms with Crippen LogP contribution in [0.25, 0.3) is 0 Å². The van der Waals surface area contributed by atoms with Crippen LogP contribution in [0, 0.1) is 0 Å². The van der Waals surface area contributed by atoms with E-state index in [4.69, 9.17) is 33.7 Å². The standard InChI is InChI=1S/C15H22Cl2N2O2/c1-4-12(18)6-10-5-11(16)7-13(17)15(10)21-8-14(20)19-9(2)3/h5,7,9,12H,4,6,8,18H2,1-3H3,(H,19,20). The first-order valence-electron chi connectivity index (χ1n) is 6.99. The Morgan fingerprint density at radius 3 is 2.62 bits per heavy atom. The lowest BCUT2D eigenvalue weighted by Crippen LogP contribution is -2.34. The van der Waals surface area contributed by atoms with Gasteiger partial charge in [0.15, 0.2) is 6.61 Å². The van der Waals surface area contributed by atoms with Gasteiger partial charge in [0.2, 0.25) is 0 Å². The Morgan fingerprint density at radius 2 is 2.05 bits per heavy atom. The number of nitrogens with one attached hydrogen (secondary N) is 1. The Morgan fingerprint density at radius 1 is 1.38 bits per heavy atom. The molecule has 1 unspecified atom stereocenters. The summed E-state index contributed by atoms with van der Waals surface area (Å²) in [6.45, 7) is 5.69. The van der Waals surface area contributed by atoms with Gasteiger partial charge in [-0.1, -0.05) is 30.1 Å². The van der Waals surface area contributed by atoms with Gasteiger partial charge in [-0.2, -0.15) is 0 Å². The molecule has 0 aliphatic carbocycles. The molecule has 3 N–H and O–H groups in total. The molecule has 0 radical (unpaired) electrons. The quantitative estimate of drug-likeness (QED) is 0.805. The van der Waals surface area contributed by atoms with Gasteiger partial charge in [0.1, 0.15) is 5.75 Å². The molecule has 1 rings (SSSR count). The Bertz CT molecular complexity index is 493. The van der Waals surface area contributed by atoms with E-state index in [9.17, 15) is 4.79 Å². The highest BCUT2D eigenvalue weighted by Crippen LogP contribution is 2.33. The van der Waals surface area contributed by atoms with Gasteiger partial charge in [-0.3, -0.25) is 4.79 Å². The molecule has 0 fully saturated rings.